The Hall–Kier alpha value is -2.51. The molecule has 25 heavy (non-hydrogen) atoms. The van der Waals surface area contributed by atoms with Gasteiger partial charge in [-0.3, -0.25) is 4.79 Å². The molecular formula is C18H16N2O3S2. The molecule has 0 bridgehead atoms. The van der Waals surface area contributed by atoms with Crippen molar-refractivity contribution in [3.63, 3.8) is 0 Å². The van der Waals surface area contributed by atoms with E-state index in [1.54, 1.807) is 16.7 Å². The third kappa shape index (κ3) is 4.12. The summed E-state index contributed by atoms with van der Waals surface area (Å²) in [7, 11) is 0. The molecule has 0 aliphatic rings. The molecule has 2 heterocycles. The Kier molecular flexibility index (Phi) is 5.25. The number of esters is 1. The summed E-state index contributed by atoms with van der Waals surface area (Å²) in [5.41, 5.74) is 3.85. The van der Waals surface area contributed by atoms with Crippen LogP contribution in [0.15, 0.2) is 40.4 Å². The molecule has 0 radical (unpaired) electrons. The maximum absolute atomic E-state index is 12.1. The van der Waals surface area contributed by atoms with E-state index in [4.69, 9.17) is 4.74 Å². The molecule has 128 valence electrons. The average Bonchev–Trinajstić information content (AvgIpc) is 3.27. The molecule has 0 fully saturated rings. The number of aryl methyl sites for hydroxylation is 2. The number of aromatic nitrogens is 1. The van der Waals surface area contributed by atoms with Crippen molar-refractivity contribution in [2.24, 2.45) is 0 Å². The van der Waals surface area contributed by atoms with Crippen LogP contribution in [0.4, 0.5) is 5.69 Å². The Morgan fingerprint density at radius 2 is 1.92 bits per heavy atom. The zero-order valence-corrected chi connectivity index (χ0v) is 15.4. The van der Waals surface area contributed by atoms with E-state index in [2.05, 4.69) is 10.3 Å². The second-order valence-corrected chi connectivity index (χ2v) is 7.08. The molecule has 1 amide bonds. The van der Waals surface area contributed by atoms with E-state index in [1.807, 2.05) is 48.9 Å². The Labute approximate surface area is 153 Å². The molecule has 3 rings (SSSR count). The lowest BCUT2D eigenvalue weighted by molar-refractivity contribution is -0.119. The van der Waals surface area contributed by atoms with E-state index in [1.165, 1.54) is 11.3 Å². The predicted octanol–water partition coefficient (Wildman–Crippen LogP) is 4.28. The summed E-state index contributed by atoms with van der Waals surface area (Å²) < 4.78 is 5.07. The van der Waals surface area contributed by atoms with Crippen LogP contribution in [0.3, 0.4) is 0 Å². The van der Waals surface area contributed by atoms with Crippen LogP contribution in [0, 0.1) is 13.8 Å². The Balaban J connectivity index is 1.58. The van der Waals surface area contributed by atoms with Gasteiger partial charge in [0.1, 0.15) is 5.01 Å². The van der Waals surface area contributed by atoms with Crippen LogP contribution in [0.25, 0.3) is 10.6 Å². The van der Waals surface area contributed by atoms with E-state index in [0.29, 0.717) is 0 Å². The summed E-state index contributed by atoms with van der Waals surface area (Å²) in [6.07, 6.45) is 0. The first-order valence-electron chi connectivity index (χ1n) is 7.56. The normalized spacial score (nSPS) is 10.5. The number of benzene rings is 1. The fraction of sp³-hybridized carbons (Fsp3) is 0.167. The van der Waals surface area contributed by atoms with E-state index >= 15 is 0 Å². The van der Waals surface area contributed by atoms with Crippen molar-refractivity contribution in [3.8, 4) is 10.6 Å². The highest BCUT2D eigenvalue weighted by atomic mass is 32.1. The second kappa shape index (κ2) is 7.58. The average molecular weight is 372 g/mol. The van der Waals surface area contributed by atoms with Gasteiger partial charge in [0.2, 0.25) is 0 Å². The van der Waals surface area contributed by atoms with Gasteiger partial charge in [-0.05, 0) is 36.4 Å². The number of hydrogen-bond donors (Lipinski definition) is 1. The number of para-hydroxylation sites is 1. The molecule has 0 aliphatic carbocycles. The molecule has 1 aromatic carbocycles. The SMILES string of the molecule is Cc1cccc(C)c1NC(=O)COC(=O)c1csc(-c2ccsc2)n1. The molecule has 2 aromatic heterocycles. The number of hydrogen-bond acceptors (Lipinski definition) is 6. The first kappa shape index (κ1) is 17.3. The number of anilines is 1. The highest BCUT2D eigenvalue weighted by Gasteiger charge is 2.15. The minimum Gasteiger partial charge on any atom is -0.451 e. The van der Waals surface area contributed by atoms with Crippen molar-refractivity contribution in [3.05, 3.63) is 57.2 Å². The van der Waals surface area contributed by atoms with Crippen molar-refractivity contribution in [1.82, 2.24) is 4.98 Å². The molecule has 7 heteroatoms. The topological polar surface area (TPSA) is 68.3 Å². The van der Waals surface area contributed by atoms with Crippen molar-refractivity contribution >= 4 is 40.2 Å². The minimum absolute atomic E-state index is 0.214. The van der Waals surface area contributed by atoms with Gasteiger partial charge in [0, 0.05) is 22.0 Å². The molecule has 0 unspecified atom stereocenters. The first-order chi connectivity index (χ1) is 12.0. The van der Waals surface area contributed by atoms with Gasteiger partial charge in [-0.15, -0.1) is 11.3 Å². The van der Waals surface area contributed by atoms with Crippen LogP contribution in [0.2, 0.25) is 0 Å². The van der Waals surface area contributed by atoms with Gasteiger partial charge in [-0.2, -0.15) is 11.3 Å². The molecule has 0 saturated heterocycles. The fourth-order valence-corrected chi connectivity index (χ4v) is 3.78. The number of ether oxygens (including phenoxy) is 1. The Morgan fingerprint density at radius 1 is 1.16 bits per heavy atom. The Morgan fingerprint density at radius 3 is 2.60 bits per heavy atom. The molecule has 0 spiro atoms. The maximum Gasteiger partial charge on any atom is 0.358 e. The molecule has 5 nitrogen and oxygen atoms in total. The highest BCUT2D eigenvalue weighted by Crippen LogP contribution is 2.26. The third-order valence-corrected chi connectivity index (χ3v) is 5.14. The Bertz CT molecular complexity index is 881. The summed E-state index contributed by atoms with van der Waals surface area (Å²) in [6, 6.07) is 7.69. The lowest BCUT2D eigenvalue weighted by atomic mass is 10.1. The zero-order chi connectivity index (χ0) is 17.8. The number of amides is 1. The summed E-state index contributed by atoms with van der Waals surface area (Å²) in [5, 5.41) is 9.09. The summed E-state index contributed by atoms with van der Waals surface area (Å²) in [6.45, 7) is 3.48. The van der Waals surface area contributed by atoms with Crippen molar-refractivity contribution < 1.29 is 14.3 Å². The van der Waals surface area contributed by atoms with Crippen LogP contribution >= 0.6 is 22.7 Å². The van der Waals surface area contributed by atoms with Crippen molar-refractivity contribution in [1.29, 1.82) is 0 Å². The number of thiazole rings is 1. The molecule has 3 aromatic rings. The van der Waals surface area contributed by atoms with Crippen LogP contribution in [-0.2, 0) is 9.53 Å². The number of nitrogens with zero attached hydrogens (tertiary/aromatic N) is 1. The van der Waals surface area contributed by atoms with Gasteiger partial charge in [-0.1, -0.05) is 18.2 Å². The quantitative estimate of drug-likeness (QED) is 0.679. The number of nitrogens with one attached hydrogen (secondary N) is 1. The van der Waals surface area contributed by atoms with Gasteiger partial charge in [0.05, 0.1) is 0 Å². The van der Waals surface area contributed by atoms with Gasteiger partial charge in [-0.25, -0.2) is 9.78 Å². The minimum atomic E-state index is -0.602. The van der Waals surface area contributed by atoms with E-state index in [9.17, 15) is 9.59 Å². The molecule has 0 saturated carbocycles. The summed E-state index contributed by atoms with van der Waals surface area (Å²) >= 11 is 2.94. The van der Waals surface area contributed by atoms with Gasteiger partial charge in [0.25, 0.3) is 5.91 Å². The lowest BCUT2D eigenvalue weighted by Gasteiger charge is -2.11. The molecular weight excluding hydrogens is 356 g/mol. The van der Waals surface area contributed by atoms with Crippen LogP contribution < -0.4 is 5.32 Å². The first-order valence-corrected chi connectivity index (χ1v) is 9.38. The smallest absolute Gasteiger partial charge is 0.358 e. The van der Waals surface area contributed by atoms with E-state index in [0.717, 1.165) is 27.4 Å². The van der Waals surface area contributed by atoms with Gasteiger partial charge in [0.15, 0.2) is 12.3 Å². The monoisotopic (exact) mass is 372 g/mol. The predicted molar refractivity (Wildman–Crippen MR) is 100 cm³/mol. The fourth-order valence-electron chi connectivity index (χ4n) is 2.28. The third-order valence-electron chi connectivity index (χ3n) is 3.56. The number of thiophene rings is 1. The van der Waals surface area contributed by atoms with Crippen molar-refractivity contribution in [2.45, 2.75) is 13.8 Å². The maximum atomic E-state index is 12.1. The zero-order valence-electron chi connectivity index (χ0n) is 13.7. The number of carbonyl (C=O) groups excluding carboxylic acids is 2. The largest absolute Gasteiger partial charge is 0.451 e. The van der Waals surface area contributed by atoms with Crippen LogP contribution in [0.1, 0.15) is 21.6 Å². The van der Waals surface area contributed by atoms with Crippen molar-refractivity contribution in [2.75, 3.05) is 11.9 Å². The summed E-state index contributed by atoms with van der Waals surface area (Å²) in [5.74, 6) is -0.978. The number of carbonyl (C=O) groups is 2. The standard InChI is InChI=1S/C18H16N2O3S2/c1-11-4-3-5-12(2)16(11)20-15(21)8-23-18(22)14-10-25-17(19-14)13-6-7-24-9-13/h3-7,9-10H,8H2,1-2H3,(H,20,21). The molecule has 0 atom stereocenters. The second-order valence-electron chi connectivity index (χ2n) is 5.44. The molecule has 0 aliphatic heterocycles. The van der Waals surface area contributed by atoms with Gasteiger partial charge < -0.3 is 10.1 Å². The molecule has 1 N–H and O–H groups in total. The highest BCUT2D eigenvalue weighted by molar-refractivity contribution is 7.14. The van der Waals surface area contributed by atoms with E-state index < -0.39 is 5.97 Å². The summed E-state index contributed by atoms with van der Waals surface area (Å²) in [4.78, 5) is 28.4. The van der Waals surface area contributed by atoms with Crippen LogP contribution in [-0.4, -0.2) is 23.5 Å². The van der Waals surface area contributed by atoms with E-state index in [-0.39, 0.29) is 18.2 Å². The van der Waals surface area contributed by atoms with Crippen LogP contribution in [0.5, 0.6) is 0 Å². The lowest BCUT2D eigenvalue weighted by Crippen LogP contribution is -2.22. The number of rotatable bonds is 5. The van der Waals surface area contributed by atoms with Gasteiger partial charge >= 0.3 is 5.97 Å².